The summed E-state index contributed by atoms with van der Waals surface area (Å²) >= 11 is 13.9. The summed E-state index contributed by atoms with van der Waals surface area (Å²) in [6.07, 6.45) is 8.50. The van der Waals surface area contributed by atoms with Gasteiger partial charge in [0.15, 0.2) is 5.13 Å². The van der Waals surface area contributed by atoms with Gasteiger partial charge in [0, 0.05) is 54.6 Å². The van der Waals surface area contributed by atoms with Crippen molar-refractivity contribution in [2.24, 2.45) is 0 Å². The Morgan fingerprint density at radius 3 is 2.63 bits per heavy atom. The molecule has 2 aliphatic heterocycles. The topological polar surface area (TPSA) is 101 Å². The molecule has 9 nitrogen and oxygen atoms in total. The highest BCUT2D eigenvalue weighted by atomic mass is 35.5. The van der Waals surface area contributed by atoms with Gasteiger partial charge in [0.25, 0.3) is 0 Å². The molecule has 3 aromatic rings. The molecule has 0 radical (unpaired) electrons. The third-order valence-corrected chi connectivity index (χ3v) is 8.80. The van der Waals surface area contributed by atoms with E-state index >= 15 is 0 Å². The largest absolute Gasteiger partial charge is 0.378 e. The van der Waals surface area contributed by atoms with Crippen molar-refractivity contribution in [3.63, 3.8) is 0 Å². The summed E-state index contributed by atoms with van der Waals surface area (Å²) in [5, 5.41) is 1.82. The monoisotopic (exact) mass is 569 g/mol. The number of hydrogen-bond acceptors (Lipinski definition) is 8. The Morgan fingerprint density at radius 2 is 1.84 bits per heavy atom. The smallest absolute Gasteiger partial charge is 0.328 e. The van der Waals surface area contributed by atoms with Gasteiger partial charge in [-0.3, -0.25) is 9.80 Å². The zero-order chi connectivity index (χ0) is 26.2. The minimum Gasteiger partial charge on any atom is -0.378 e. The molecule has 12 heteroatoms. The molecule has 1 aromatic carbocycles. The highest BCUT2D eigenvalue weighted by molar-refractivity contribution is 7.16. The number of aromatic nitrogens is 3. The maximum absolute atomic E-state index is 13.4. The number of benzene rings is 1. The molecule has 3 aliphatic rings. The van der Waals surface area contributed by atoms with E-state index in [-0.39, 0.29) is 17.9 Å². The van der Waals surface area contributed by atoms with E-state index in [1.807, 2.05) is 29.2 Å². The first-order valence-corrected chi connectivity index (χ1v) is 13.9. The number of halogens is 2. The van der Waals surface area contributed by atoms with Crippen molar-refractivity contribution in [1.82, 2.24) is 19.9 Å². The van der Waals surface area contributed by atoms with E-state index in [1.54, 1.807) is 34.6 Å². The molecule has 1 unspecified atom stereocenters. The SMILES string of the molecule is Nc1nccc(-c2nc(N3CCOCC3)sc2C2C=CC=C(N3CCN(c4ccc(Cl)c(Cl)c4)C3=O)C2)n1. The number of anilines is 3. The number of nitrogens with two attached hydrogens (primary N) is 1. The van der Waals surface area contributed by atoms with Crippen LogP contribution in [0.25, 0.3) is 11.4 Å². The van der Waals surface area contributed by atoms with Gasteiger partial charge in [0.2, 0.25) is 5.95 Å². The fourth-order valence-electron chi connectivity index (χ4n) is 4.89. The Bertz CT molecular complexity index is 1440. The standard InChI is InChI=1S/C26H25Cl2N7O2S/c27-19-5-4-18(15-20(19)28)35-9-8-34(26(35)36)17-3-1-2-16(14-17)23-22(21-6-7-30-24(29)31-21)32-25(38-23)33-10-12-37-13-11-33/h1-7,15-16H,8-14H2,(H2,29,30,31). The number of morpholine rings is 1. The van der Waals surface area contributed by atoms with Crippen molar-refractivity contribution in [1.29, 1.82) is 0 Å². The molecule has 4 heterocycles. The lowest BCUT2D eigenvalue weighted by Gasteiger charge is -2.26. The summed E-state index contributed by atoms with van der Waals surface area (Å²) in [7, 11) is 0. The van der Waals surface area contributed by atoms with Crippen LogP contribution in [0.1, 0.15) is 17.2 Å². The Balaban J connectivity index is 1.27. The summed E-state index contributed by atoms with van der Waals surface area (Å²) in [6.45, 7) is 4.08. The molecule has 0 saturated carbocycles. The number of thiazole rings is 1. The van der Waals surface area contributed by atoms with Crippen molar-refractivity contribution in [2.75, 3.05) is 54.9 Å². The van der Waals surface area contributed by atoms with E-state index in [4.69, 9.17) is 38.7 Å². The molecular formula is C26H25Cl2N7O2S. The van der Waals surface area contributed by atoms with E-state index in [0.717, 1.165) is 40.2 Å². The van der Waals surface area contributed by atoms with E-state index < -0.39 is 0 Å². The van der Waals surface area contributed by atoms with E-state index in [1.165, 1.54) is 0 Å². The Labute approximate surface area is 234 Å². The number of carbonyl (C=O) groups is 1. The summed E-state index contributed by atoms with van der Waals surface area (Å²) < 4.78 is 5.53. The molecule has 6 rings (SSSR count). The van der Waals surface area contributed by atoms with Crippen LogP contribution >= 0.6 is 34.5 Å². The highest BCUT2D eigenvalue weighted by Gasteiger charge is 2.34. The molecule has 196 valence electrons. The molecule has 2 fully saturated rings. The van der Waals surface area contributed by atoms with Gasteiger partial charge in [-0.25, -0.2) is 19.7 Å². The van der Waals surface area contributed by atoms with Gasteiger partial charge in [-0.15, -0.1) is 11.3 Å². The molecular weight excluding hydrogens is 545 g/mol. The number of nitrogen functional groups attached to an aromatic ring is 1. The first kappa shape index (κ1) is 25.1. The fourth-order valence-corrected chi connectivity index (χ4v) is 6.39. The number of amides is 2. The molecule has 2 amide bonds. The molecule has 0 bridgehead atoms. The van der Waals surface area contributed by atoms with E-state index in [2.05, 4.69) is 20.9 Å². The van der Waals surface area contributed by atoms with Crippen LogP contribution in [-0.4, -0.2) is 65.3 Å². The van der Waals surface area contributed by atoms with Crippen LogP contribution in [0.5, 0.6) is 0 Å². The lowest BCUT2D eigenvalue weighted by atomic mass is 9.94. The predicted octanol–water partition coefficient (Wildman–Crippen LogP) is 5.20. The Kier molecular flexibility index (Phi) is 6.96. The maximum atomic E-state index is 13.4. The lowest BCUT2D eigenvalue weighted by molar-refractivity contribution is 0.122. The minimum atomic E-state index is -0.0780. The number of hydrogen-bond donors (Lipinski definition) is 1. The minimum absolute atomic E-state index is 0.0281. The summed E-state index contributed by atoms with van der Waals surface area (Å²) in [5.41, 5.74) is 9.09. The maximum Gasteiger partial charge on any atom is 0.328 e. The average Bonchev–Trinajstić information content (AvgIpc) is 3.55. The third-order valence-electron chi connectivity index (χ3n) is 6.81. The predicted molar refractivity (Wildman–Crippen MR) is 151 cm³/mol. The Morgan fingerprint density at radius 1 is 1.03 bits per heavy atom. The first-order valence-electron chi connectivity index (χ1n) is 12.3. The fraction of sp³-hybridized carbons (Fsp3) is 0.308. The number of ether oxygens (including phenoxy) is 1. The van der Waals surface area contributed by atoms with Crippen LogP contribution in [0, 0.1) is 0 Å². The van der Waals surface area contributed by atoms with Gasteiger partial charge in [0.05, 0.1) is 29.0 Å². The lowest BCUT2D eigenvalue weighted by Crippen LogP contribution is -2.36. The van der Waals surface area contributed by atoms with Gasteiger partial charge in [-0.1, -0.05) is 35.4 Å². The molecule has 2 N–H and O–H groups in total. The number of carbonyl (C=O) groups excluding carboxylic acids is 1. The van der Waals surface area contributed by atoms with Crippen LogP contribution in [-0.2, 0) is 4.74 Å². The number of allylic oxidation sites excluding steroid dienone is 4. The zero-order valence-electron chi connectivity index (χ0n) is 20.4. The van der Waals surface area contributed by atoms with Crippen molar-refractivity contribution in [3.8, 4) is 11.4 Å². The quantitative estimate of drug-likeness (QED) is 0.450. The van der Waals surface area contributed by atoms with Gasteiger partial charge >= 0.3 is 6.03 Å². The molecule has 2 aromatic heterocycles. The zero-order valence-corrected chi connectivity index (χ0v) is 22.7. The second-order valence-corrected chi connectivity index (χ2v) is 11.0. The van der Waals surface area contributed by atoms with Crippen molar-refractivity contribution in [3.05, 3.63) is 69.3 Å². The summed E-state index contributed by atoms with van der Waals surface area (Å²) in [5.74, 6) is 0.236. The highest BCUT2D eigenvalue weighted by Crippen LogP contribution is 2.42. The van der Waals surface area contributed by atoms with E-state index in [9.17, 15) is 4.79 Å². The van der Waals surface area contributed by atoms with Gasteiger partial charge < -0.3 is 15.4 Å². The number of nitrogens with zero attached hydrogens (tertiary/aromatic N) is 6. The first-order chi connectivity index (χ1) is 18.5. The second-order valence-electron chi connectivity index (χ2n) is 9.15. The van der Waals surface area contributed by atoms with Crippen LogP contribution in [0.15, 0.2) is 54.4 Å². The molecule has 38 heavy (non-hydrogen) atoms. The molecule has 1 aliphatic carbocycles. The molecule has 2 saturated heterocycles. The third kappa shape index (κ3) is 4.84. The molecule has 1 atom stereocenters. The van der Waals surface area contributed by atoms with Crippen molar-refractivity contribution in [2.45, 2.75) is 12.3 Å². The normalized spacial score (nSPS) is 19.8. The van der Waals surface area contributed by atoms with Crippen LogP contribution in [0.4, 0.5) is 21.6 Å². The van der Waals surface area contributed by atoms with Crippen LogP contribution < -0.4 is 15.5 Å². The van der Waals surface area contributed by atoms with Gasteiger partial charge in [0.1, 0.15) is 5.69 Å². The van der Waals surface area contributed by atoms with Gasteiger partial charge in [-0.05, 0) is 36.8 Å². The van der Waals surface area contributed by atoms with Gasteiger partial charge in [-0.2, -0.15) is 0 Å². The van der Waals surface area contributed by atoms with Crippen molar-refractivity contribution >= 4 is 57.3 Å². The number of urea groups is 1. The van der Waals surface area contributed by atoms with E-state index in [0.29, 0.717) is 48.5 Å². The number of rotatable bonds is 5. The summed E-state index contributed by atoms with van der Waals surface area (Å²) in [4.78, 5) is 33.8. The average molecular weight is 571 g/mol. The van der Waals surface area contributed by atoms with Crippen LogP contribution in [0.2, 0.25) is 10.0 Å². The summed E-state index contributed by atoms with van der Waals surface area (Å²) in [6, 6.07) is 7.02. The molecule has 0 spiro atoms. The van der Waals surface area contributed by atoms with Crippen molar-refractivity contribution < 1.29 is 9.53 Å². The van der Waals surface area contributed by atoms with Crippen LogP contribution in [0.3, 0.4) is 0 Å². The second kappa shape index (κ2) is 10.5. The Hall–Kier alpha value is -3.18.